The predicted molar refractivity (Wildman–Crippen MR) is 167 cm³/mol. The Labute approximate surface area is 278 Å². The van der Waals surface area contributed by atoms with E-state index in [0.717, 1.165) is 25.5 Å². The molecule has 2 aliphatic rings. The number of amides is 1. The first-order valence-corrected chi connectivity index (χ1v) is 16.5. The number of aryl methyl sites for hydroxylation is 1. The van der Waals surface area contributed by atoms with Gasteiger partial charge < -0.3 is 20.4 Å². The van der Waals surface area contributed by atoms with Gasteiger partial charge in [-0.2, -0.15) is 36.3 Å². The van der Waals surface area contributed by atoms with Gasteiger partial charge in [0.15, 0.2) is 12.3 Å². The van der Waals surface area contributed by atoms with Crippen LogP contribution >= 0.6 is 0 Å². The molecule has 1 aliphatic carbocycles. The van der Waals surface area contributed by atoms with E-state index in [0.29, 0.717) is 55.2 Å². The second kappa shape index (κ2) is 15.5. The van der Waals surface area contributed by atoms with Crippen LogP contribution in [0.3, 0.4) is 0 Å². The van der Waals surface area contributed by atoms with E-state index in [2.05, 4.69) is 25.6 Å². The Hall–Kier alpha value is -3.69. The lowest BCUT2D eigenvalue weighted by molar-refractivity contribution is -0.184. The predicted octanol–water partition coefficient (Wildman–Crippen LogP) is 8.16. The van der Waals surface area contributed by atoms with E-state index in [1.165, 1.54) is 12.1 Å². The molecule has 3 N–H and O–H groups in total. The summed E-state index contributed by atoms with van der Waals surface area (Å²) in [6, 6.07) is 4.80. The first-order chi connectivity index (χ1) is 23.2. The molecule has 2 aromatic heterocycles. The van der Waals surface area contributed by atoms with Gasteiger partial charge in [-0.15, -0.1) is 0 Å². The number of anilines is 2. The third-order valence-electron chi connectivity index (χ3n) is 9.41. The molecule has 2 fully saturated rings. The quantitative estimate of drug-likeness (QED) is 0.123. The molecule has 1 aromatic carbocycles. The fourth-order valence-corrected chi connectivity index (χ4v) is 6.73. The van der Waals surface area contributed by atoms with Crippen molar-refractivity contribution in [3.05, 3.63) is 41.0 Å². The van der Waals surface area contributed by atoms with Crippen molar-refractivity contribution in [1.82, 2.24) is 25.2 Å². The number of ether oxygens (including phenoxy) is 1. The molecule has 49 heavy (non-hydrogen) atoms. The minimum Gasteiger partial charge on any atom is -0.471 e. The van der Waals surface area contributed by atoms with E-state index < -0.39 is 36.9 Å². The van der Waals surface area contributed by atoms with Crippen LogP contribution in [-0.2, 0) is 23.9 Å². The number of imidazole rings is 1. The molecular formula is C33H40F8N6O2. The van der Waals surface area contributed by atoms with E-state index in [-0.39, 0.29) is 60.4 Å². The van der Waals surface area contributed by atoms with Crippen molar-refractivity contribution in [3.63, 3.8) is 0 Å². The second-order valence-corrected chi connectivity index (χ2v) is 13.0. The highest BCUT2D eigenvalue weighted by molar-refractivity contribution is 5.82. The Morgan fingerprint density at radius 2 is 1.80 bits per heavy atom. The van der Waals surface area contributed by atoms with Crippen LogP contribution in [-0.4, -0.2) is 64.6 Å². The summed E-state index contributed by atoms with van der Waals surface area (Å²) in [4.78, 5) is 25.9. The molecule has 5 rings (SSSR count). The van der Waals surface area contributed by atoms with Crippen molar-refractivity contribution in [2.45, 2.75) is 95.6 Å². The molecule has 1 saturated carbocycles. The minimum absolute atomic E-state index is 0.0146. The van der Waals surface area contributed by atoms with Gasteiger partial charge in [-0.25, -0.2) is 8.78 Å². The Kier molecular flexibility index (Phi) is 11.5. The van der Waals surface area contributed by atoms with Crippen LogP contribution in [0.1, 0.15) is 74.5 Å². The molecular weight excluding hydrogens is 664 g/mol. The molecule has 1 saturated heterocycles. The van der Waals surface area contributed by atoms with Gasteiger partial charge in [0.05, 0.1) is 28.7 Å². The zero-order valence-corrected chi connectivity index (χ0v) is 27.0. The van der Waals surface area contributed by atoms with Crippen LogP contribution in [0.15, 0.2) is 24.3 Å². The third-order valence-corrected chi connectivity index (χ3v) is 9.41. The van der Waals surface area contributed by atoms with Gasteiger partial charge in [-0.05, 0) is 94.6 Å². The van der Waals surface area contributed by atoms with E-state index in [1.807, 2.05) is 11.9 Å². The molecule has 1 atom stereocenters. The zero-order chi connectivity index (χ0) is 35.3. The third kappa shape index (κ3) is 9.73. The lowest BCUT2D eigenvalue weighted by Crippen LogP contribution is -2.41. The highest BCUT2D eigenvalue weighted by atomic mass is 19.4. The topological polar surface area (TPSA) is 95.2 Å². The lowest BCUT2D eigenvalue weighted by Gasteiger charge is -2.29. The monoisotopic (exact) mass is 704 g/mol. The average molecular weight is 705 g/mol. The second-order valence-electron chi connectivity index (χ2n) is 13.0. The van der Waals surface area contributed by atoms with Crippen molar-refractivity contribution in [2.75, 3.05) is 25.5 Å². The first kappa shape index (κ1) is 36.6. The summed E-state index contributed by atoms with van der Waals surface area (Å²) in [6.45, 7) is -0.114. The zero-order valence-electron chi connectivity index (χ0n) is 27.0. The number of nitrogens with zero attached hydrogens (tertiary/aromatic N) is 3. The van der Waals surface area contributed by atoms with E-state index in [9.17, 15) is 39.9 Å². The van der Waals surface area contributed by atoms with Crippen LogP contribution in [0, 0.1) is 11.8 Å². The number of nitrogens with one attached hydrogen (secondary N) is 3. The summed E-state index contributed by atoms with van der Waals surface area (Å²) >= 11 is 0. The van der Waals surface area contributed by atoms with Crippen molar-refractivity contribution < 1.29 is 44.7 Å². The summed E-state index contributed by atoms with van der Waals surface area (Å²) < 4.78 is 112. The van der Waals surface area contributed by atoms with Gasteiger partial charge in [0.1, 0.15) is 0 Å². The number of fused-ring (bicyclic) bond motifs is 1. The number of pyridine rings is 1. The molecule has 1 aliphatic heterocycles. The van der Waals surface area contributed by atoms with Crippen LogP contribution in [0.4, 0.5) is 46.8 Å². The number of likely N-dealkylation sites (N-methyl/N-ethyl adjacent to an activating group) is 1. The number of hydrogen-bond acceptors (Lipinski definition) is 6. The number of carbonyl (C=O) groups excluding carboxylic acids is 1. The molecule has 1 amide bonds. The molecule has 0 radical (unpaired) electrons. The maximum atomic E-state index is 14.0. The lowest BCUT2D eigenvalue weighted by atomic mass is 9.79. The summed E-state index contributed by atoms with van der Waals surface area (Å²) in [5, 5.41) is 5.46. The largest absolute Gasteiger partial charge is 0.471 e. The van der Waals surface area contributed by atoms with Gasteiger partial charge in [-0.1, -0.05) is 18.9 Å². The number of rotatable bonds is 13. The molecule has 0 spiro atoms. The van der Waals surface area contributed by atoms with Crippen LogP contribution in [0.5, 0.6) is 5.88 Å². The number of aromatic amines is 1. The number of H-pyrrole nitrogens is 1. The first-order valence-electron chi connectivity index (χ1n) is 16.5. The van der Waals surface area contributed by atoms with Gasteiger partial charge in [0.25, 0.3) is 6.43 Å². The molecule has 16 heteroatoms. The Bertz CT molecular complexity index is 1570. The van der Waals surface area contributed by atoms with E-state index in [4.69, 9.17) is 4.74 Å². The summed E-state index contributed by atoms with van der Waals surface area (Å²) in [5.74, 6) is -1.40. The minimum atomic E-state index is -4.71. The number of benzene rings is 1. The van der Waals surface area contributed by atoms with E-state index in [1.54, 1.807) is 6.07 Å². The highest BCUT2D eigenvalue weighted by Crippen LogP contribution is 2.41. The summed E-state index contributed by atoms with van der Waals surface area (Å²) in [7, 11) is 1.84. The van der Waals surface area contributed by atoms with Crippen LogP contribution in [0.2, 0.25) is 0 Å². The van der Waals surface area contributed by atoms with Crippen molar-refractivity contribution in [3.8, 4) is 5.88 Å². The number of halogens is 8. The van der Waals surface area contributed by atoms with Gasteiger partial charge in [-0.3, -0.25) is 9.69 Å². The molecule has 3 heterocycles. The standard InChI is InChI=1S/C33H40F8N6O2/c1-47-14-4-7-26(47)29(48)42-17-20-10-13-23(33(39,40)41)24(15-20)43-31-44-25-16-21(30(45-28(25)46-31)49-18-27(34)35)6-3-2-5-19-8-11-22(12-9-19)32(36,37)38/h10,13,15-16,19,22,26-27H,2-9,11-12,14,17-18H2,1H3,(H,42,48)(H2,43,44,45,46). The molecule has 8 nitrogen and oxygen atoms in total. The Balaban J connectivity index is 1.28. The Morgan fingerprint density at radius 3 is 2.45 bits per heavy atom. The van der Waals surface area contributed by atoms with Crippen molar-refractivity contribution in [1.29, 1.82) is 0 Å². The van der Waals surface area contributed by atoms with E-state index >= 15 is 0 Å². The fraction of sp³-hybridized carbons (Fsp3) is 0.606. The maximum Gasteiger partial charge on any atom is 0.418 e. The normalized spacial score (nSPS) is 20.7. The number of hydrogen-bond donors (Lipinski definition) is 3. The maximum absolute atomic E-state index is 14.0. The number of unbranched alkanes of at least 4 members (excludes halogenated alkanes) is 1. The van der Waals surface area contributed by atoms with Gasteiger partial charge >= 0.3 is 12.4 Å². The van der Waals surface area contributed by atoms with Crippen LogP contribution < -0.4 is 15.4 Å². The highest BCUT2D eigenvalue weighted by Gasteiger charge is 2.41. The van der Waals surface area contributed by atoms with Crippen molar-refractivity contribution >= 4 is 28.7 Å². The summed E-state index contributed by atoms with van der Waals surface area (Å²) in [6.07, 6.45) is -6.36. The fourth-order valence-electron chi connectivity index (χ4n) is 6.73. The van der Waals surface area contributed by atoms with Crippen molar-refractivity contribution in [2.24, 2.45) is 11.8 Å². The molecule has 3 aromatic rings. The number of aromatic nitrogens is 3. The van der Waals surface area contributed by atoms with Gasteiger partial charge in [0, 0.05) is 12.1 Å². The molecule has 1 unspecified atom stereocenters. The summed E-state index contributed by atoms with van der Waals surface area (Å²) in [5.41, 5.74) is 0.0255. The van der Waals surface area contributed by atoms with Crippen LogP contribution in [0.25, 0.3) is 11.2 Å². The molecule has 0 bridgehead atoms. The molecule has 270 valence electrons. The Morgan fingerprint density at radius 1 is 1.04 bits per heavy atom. The van der Waals surface area contributed by atoms with Gasteiger partial charge in [0.2, 0.25) is 17.7 Å². The SMILES string of the molecule is CN1CCCC1C(=O)NCc1ccc(C(F)(F)F)c(Nc2nc3nc(OCC(F)F)c(CCCCC4CCC(C(F)(F)F)CC4)cc3[nH]2)c1. The number of carbonyl (C=O) groups is 1. The smallest absolute Gasteiger partial charge is 0.418 e. The number of alkyl halides is 8. The number of likely N-dealkylation sites (tertiary alicyclic amines) is 1. The average Bonchev–Trinajstić information content (AvgIpc) is 3.64.